The van der Waals surface area contributed by atoms with Gasteiger partial charge in [-0.1, -0.05) is 181 Å². The van der Waals surface area contributed by atoms with Crippen molar-refractivity contribution in [1.29, 1.82) is 0 Å². The van der Waals surface area contributed by atoms with Crippen molar-refractivity contribution in [3.05, 3.63) is 198 Å². The molecular formula is C63H54N2O2. The Morgan fingerprint density at radius 2 is 0.806 bits per heavy atom. The molecule has 0 bridgehead atoms. The predicted octanol–water partition coefficient (Wildman–Crippen LogP) is 18.4. The average molecular weight is 871 g/mol. The molecule has 0 aliphatic carbocycles. The molecule has 0 saturated heterocycles. The van der Waals surface area contributed by atoms with E-state index in [0.29, 0.717) is 6.54 Å². The highest BCUT2D eigenvalue weighted by molar-refractivity contribution is 6.28. The fraction of sp³-hybridized carbons (Fsp3) is 0.175. The Bertz CT molecular complexity index is 3910. The van der Waals surface area contributed by atoms with Crippen molar-refractivity contribution in [3.8, 4) is 0 Å². The van der Waals surface area contributed by atoms with E-state index >= 15 is 0 Å². The zero-order valence-corrected chi connectivity index (χ0v) is 39.6. The molecule has 2 heterocycles. The van der Waals surface area contributed by atoms with Crippen LogP contribution in [0.2, 0.25) is 0 Å². The van der Waals surface area contributed by atoms with Gasteiger partial charge in [-0.05, 0) is 87.7 Å². The lowest BCUT2D eigenvalue weighted by Gasteiger charge is -2.30. The van der Waals surface area contributed by atoms with Gasteiger partial charge in [-0.3, -0.25) is 0 Å². The zero-order chi connectivity index (χ0) is 45.9. The van der Waals surface area contributed by atoms with E-state index in [4.69, 9.17) is 8.83 Å². The third kappa shape index (κ3) is 6.41. The van der Waals surface area contributed by atoms with Crippen molar-refractivity contribution in [2.45, 2.75) is 72.8 Å². The van der Waals surface area contributed by atoms with E-state index in [-0.39, 0.29) is 10.8 Å². The van der Waals surface area contributed by atoms with Crippen LogP contribution in [0.25, 0.3) is 76.2 Å². The molecule has 0 N–H and O–H groups in total. The maximum atomic E-state index is 7.08. The molecule has 0 aliphatic heterocycles. The van der Waals surface area contributed by atoms with E-state index in [1.807, 2.05) is 0 Å². The summed E-state index contributed by atoms with van der Waals surface area (Å²) in [5.74, 6) is 0. The van der Waals surface area contributed by atoms with Crippen LogP contribution in [-0.4, -0.2) is 0 Å². The summed E-state index contributed by atoms with van der Waals surface area (Å²) < 4.78 is 14.1. The molecule has 12 aromatic rings. The van der Waals surface area contributed by atoms with Crippen molar-refractivity contribution in [3.63, 3.8) is 0 Å². The van der Waals surface area contributed by atoms with Gasteiger partial charge in [0, 0.05) is 66.1 Å². The van der Waals surface area contributed by atoms with Crippen LogP contribution in [-0.2, 0) is 17.4 Å². The molecule has 2 aromatic heterocycles. The second-order valence-electron chi connectivity index (χ2n) is 20.6. The van der Waals surface area contributed by atoms with Gasteiger partial charge in [-0.15, -0.1) is 0 Å². The number of rotatable bonds is 7. The largest absolute Gasteiger partial charge is 0.455 e. The quantitative estimate of drug-likeness (QED) is 0.149. The number of benzene rings is 10. The molecular weight excluding hydrogens is 817 g/mol. The molecule has 0 radical (unpaired) electrons. The van der Waals surface area contributed by atoms with Crippen molar-refractivity contribution in [2.24, 2.45) is 0 Å². The SMILES string of the molecule is Cc1ccccc1N(Cc1cccc2c1oc1c(C(C)(C)C)cccc12)c1ccc2ccc3c(N(c4ccccc4C)c4cccc5c4oc4c(C(C)(C)C)cccc45)ccc4ccc1c2c43. The van der Waals surface area contributed by atoms with Gasteiger partial charge >= 0.3 is 0 Å². The summed E-state index contributed by atoms with van der Waals surface area (Å²) in [6, 6.07) is 62.4. The molecule has 0 fully saturated rings. The number of hydrogen-bond acceptors (Lipinski definition) is 4. The number of furan rings is 2. The summed E-state index contributed by atoms with van der Waals surface area (Å²) in [6.07, 6.45) is 0. The summed E-state index contributed by atoms with van der Waals surface area (Å²) in [5.41, 5.74) is 15.1. The second kappa shape index (κ2) is 15.0. The Morgan fingerprint density at radius 1 is 0.358 bits per heavy atom. The first-order chi connectivity index (χ1) is 32.3. The maximum absolute atomic E-state index is 7.08. The highest BCUT2D eigenvalue weighted by Gasteiger charge is 2.28. The number of fused-ring (bicyclic) bond motifs is 6. The Hall–Kier alpha value is -7.56. The van der Waals surface area contributed by atoms with Gasteiger partial charge in [0.1, 0.15) is 16.7 Å². The number of nitrogens with zero attached hydrogens (tertiary/aromatic N) is 2. The minimum Gasteiger partial charge on any atom is -0.455 e. The third-order valence-corrected chi connectivity index (χ3v) is 14.2. The molecule has 4 nitrogen and oxygen atoms in total. The van der Waals surface area contributed by atoms with Crippen molar-refractivity contribution in [1.82, 2.24) is 0 Å². The summed E-state index contributed by atoms with van der Waals surface area (Å²) >= 11 is 0. The minimum absolute atomic E-state index is 0.0593. The van der Waals surface area contributed by atoms with E-state index in [9.17, 15) is 0 Å². The summed E-state index contributed by atoms with van der Waals surface area (Å²) in [7, 11) is 0. The van der Waals surface area contributed by atoms with Gasteiger partial charge in [0.2, 0.25) is 0 Å². The molecule has 328 valence electrons. The van der Waals surface area contributed by atoms with Gasteiger partial charge in [0.15, 0.2) is 5.58 Å². The Kier molecular flexibility index (Phi) is 9.15. The Labute approximate surface area is 392 Å². The van der Waals surface area contributed by atoms with Crippen molar-refractivity contribution >= 4 is 105 Å². The number of aryl methyl sites for hydroxylation is 2. The number of hydrogen-bond donors (Lipinski definition) is 0. The monoisotopic (exact) mass is 870 g/mol. The molecule has 4 heteroatoms. The number of anilines is 5. The van der Waals surface area contributed by atoms with Crippen LogP contribution in [0.4, 0.5) is 28.4 Å². The lowest BCUT2D eigenvalue weighted by molar-refractivity contribution is 0.571. The molecule has 0 amide bonds. The van der Waals surface area contributed by atoms with Crippen LogP contribution in [0.5, 0.6) is 0 Å². The van der Waals surface area contributed by atoms with E-state index < -0.39 is 0 Å². The first-order valence-corrected chi connectivity index (χ1v) is 23.6. The molecule has 0 spiro atoms. The highest BCUT2D eigenvalue weighted by atomic mass is 16.3. The Morgan fingerprint density at radius 3 is 1.39 bits per heavy atom. The lowest BCUT2D eigenvalue weighted by atomic mass is 9.86. The number of para-hydroxylation sites is 6. The first-order valence-electron chi connectivity index (χ1n) is 23.6. The van der Waals surface area contributed by atoms with Crippen LogP contribution >= 0.6 is 0 Å². The highest BCUT2D eigenvalue weighted by Crippen LogP contribution is 2.50. The zero-order valence-electron chi connectivity index (χ0n) is 39.6. The molecule has 12 rings (SSSR count). The van der Waals surface area contributed by atoms with Crippen LogP contribution in [0.15, 0.2) is 179 Å². The molecule has 67 heavy (non-hydrogen) atoms. The van der Waals surface area contributed by atoms with Gasteiger partial charge in [-0.2, -0.15) is 0 Å². The molecule has 0 aliphatic rings. The molecule has 0 atom stereocenters. The fourth-order valence-electron chi connectivity index (χ4n) is 10.9. The minimum atomic E-state index is -0.0834. The maximum Gasteiger partial charge on any atom is 0.159 e. The van der Waals surface area contributed by atoms with Crippen LogP contribution in [0.1, 0.15) is 69.4 Å². The van der Waals surface area contributed by atoms with E-state index in [0.717, 1.165) is 72.2 Å². The smallest absolute Gasteiger partial charge is 0.159 e. The fourth-order valence-corrected chi connectivity index (χ4v) is 10.9. The standard InChI is InChI=1S/C63H54N2O2/c1-38-17-9-11-26-51(38)64(37-42-19-13-20-43-44-21-14-24-49(62(3,4)5)59(44)66-58(42)43)53-35-31-40-30-34-48-54(36-32-41-29-33-47(53)56(40)57(41)48)65(52-27-12-10-18-39(52)2)55-28-16-23-46-45-22-15-25-50(63(6,7)8)60(45)67-61(46)55/h9-36H,37H2,1-8H3. The van der Waals surface area contributed by atoms with Gasteiger partial charge < -0.3 is 18.6 Å². The summed E-state index contributed by atoms with van der Waals surface area (Å²) in [4.78, 5) is 4.94. The van der Waals surface area contributed by atoms with E-state index in [2.05, 4.69) is 235 Å². The molecule has 0 unspecified atom stereocenters. The second-order valence-corrected chi connectivity index (χ2v) is 20.6. The summed E-state index contributed by atoms with van der Waals surface area (Å²) in [6.45, 7) is 18.6. The summed E-state index contributed by atoms with van der Waals surface area (Å²) in [5, 5.41) is 11.9. The van der Waals surface area contributed by atoms with Crippen molar-refractivity contribution < 1.29 is 8.83 Å². The van der Waals surface area contributed by atoms with Gasteiger partial charge in [-0.25, -0.2) is 0 Å². The van der Waals surface area contributed by atoms with E-state index in [1.165, 1.54) is 60.3 Å². The third-order valence-electron chi connectivity index (χ3n) is 14.2. The molecule has 10 aromatic carbocycles. The van der Waals surface area contributed by atoms with Crippen LogP contribution in [0.3, 0.4) is 0 Å². The Balaban J connectivity index is 1.09. The first kappa shape index (κ1) is 40.9. The lowest BCUT2D eigenvalue weighted by Crippen LogP contribution is -2.18. The van der Waals surface area contributed by atoms with E-state index in [1.54, 1.807) is 0 Å². The van der Waals surface area contributed by atoms with Gasteiger partial charge in [0.05, 0.1) is 17.9 Å². The topological polar surface area (TPSA) is 32.8 Å². The van der Waals surface area contributed by atoms with Gasteiger partial charge in [0.25, 0.3) is 0 Å². The predicted molar refractivity (Wildman–Crippen MR) is 285 cm³/mol. The van der Waals surface area contributed by atoms with Crippen molar-refractivity contribution in [2.75, 3.05) is 9.80 Å². The average Bonchev–Trinajstić information content (AvgIpc) is 3.90. The normalized spacial score (nSPS) is 12.5. The molecule has 0 saturated carbocycles. The van der Waals surface area contributed by atoms with Crippen LogP contribution < -0.4 is 9.80 Å². The van der Waals surface area contributed by atoms with Crippen LogP contribution in [0, 0.1) is 13.8 Å².